The van der Waals surface area contributed by atoms with Gasteiger partial charge in [0.1, 0.15) is 0 Å². The zero-order valence-corrected chi connectivity index (χ0v) is 65.3. The first-order valence-corrected chi connectivity index (χ1v) is 43.1. The van der Waals surface area contributed by atoms with Crippen molar-refractivity contribution in [1.82, 2.24) is 29.7 Å². The lowest BCUT2D eigenvalue weighted by Gasteiger charge is -2.26. The van der Waals surface area contributed by atoms with Crippen molar-refractivity contribution in [3.8, 4) is 17.6 Å². The first-order valence-electron chi connectivity index (χ1n) is 38.2. The van der Waals surface area contributed by atoms with E-state index < -0.39 is 30.1 Å². The van der Waals surface area contributed by atoms with Crippen LogP contribution in [-0.2, 0) is 49.7 Å². The number of piperidine rings is 3. The number of fused-ring (bicyclic) bond motifs is 3. The number of aromatic hydroxyl groups is 3. The lowest BCUT2D eigenvalue weighted by molar-refractivity contribution is 0.221. The van der Waals surface area contributed by atoms with Crippen LogP contribution in [-0.4, -0.2) is 144 Å². The average Bonchev–Trinajstić information content (AvgIpc) is 1.65. The third-order valence-electron chi connectivity index (χ3n) is 20.2. The number of anilines is 3. The smallest absolute Gasteiger partial charge is 0.232 e. The molecule has 3 aliphatic rings. The second-order valence-corrected chi connectivity index (χ2v) is 34.4. The van der Waals surface area contributed by atoms with E-state index in [1.807, 2.05) is 127 Å². The minimum absolute atomic E-state index is 0.0187. The SMILES string of the molecule is CCS(=O)(=O)Nc1ccc2[nH]c(O)c(C(=Nc3ccc(CN4CCCCC4)cc3)c3ccccc3)c2c1.CCS(=O)(=O)Nc1ccc2[nH]c(O)c(C(=Nc3ccc(CN4CCCCC4)cc3)c3ccccc3)c2c1.CCS(=O)(=O)Nc1ccc2[nH]c(O)c(C(=Nc3ccc(CN4CCCCC4)cc3)c3ccccc3)c2c1. The second kappa shape index (κ2) is 35.9. The standard InChI is InChI=1S/3C29H32N4O3S/c3*1-2-37(35,36)32-24-15-16-26-25(19-24)27(29(34)31-26)28(22-9-5-3-6-10-22)30-23-13-11-21(12-14-23)20-33-17-7-4-8-18-33/h3*3,5-6,9-16,19,31-32,34H,2,4,7-8,17-18,20H2,1H3. The van der Waals surface area contributed by atoms with Crippen molar-refractivity contribution < 1.29 is 40.6 Å². The molecule has 6 heterocycles. The summed E-state index contributed by atoms with van der Waals surface area (Å²) in [5, 5.41) is 34.9. The van der Waals surface area contributed by atoms with Gasteiger partial charge in [-0.15, -0.1) is 0 Å². The summed E-state index contributed by atoms with van der Waals surface area (Å²) in [5.41, 5.74) is 15.4. The summed E-state index contributed by atoms with van der Waals surface area (Å²) < 4.78 is 80.7. The Morgan fingerprint density at radius 1 is 0.333 bits per heavy atom. The van der Waals surface area contributed by atoms with Crippen molar-refractivity contribution in [2.24, 2.45) is 15.0 Å². The van der Waals surface area contributed by atoms with E-state index in [0.29, 0.717) is 83.6 Å². The highest BCUT2D eigenvalue weighted by atomic mass is 32.2. The van der Waals surface area contributed by atoms with Crippen LogP contribution >= 0.6 is 0 Å². The molecule has 15 rings (SSSR count). The number of aliphatic imine (C=N–C) groups is 3. The highest BCUT2D eigenvalue weighted by molar-refractivity contribution is 7.93. The van der Waals surface area contributed by atoms with Gasteiger partial charge in [-0.3, -0.25) is 28.9 Å². The molecule has 3 aromatic heterocycles. The van der Waals surface area contributed by atoms with Gasteiger partial charge >= 0.3 is 0 Å². The molecule has 0 bridgehead atoms. The van der Waals surface area contributed by atoms with Crippen LogP contribution in [0, 0.1) is 0 Å². The number of aromatic nitrogens is 3. The molecule has 0 atom stereocenters. The normalized spacial score (nSPS) is 15.2. The molecule has 3 fully saturated rings. The fourth-order valence-corrected chi connectivity index (χ4v) is 16.2. The summed E-state index contributed by atoms with van der Waals surface area (Å²) in [6.07, 6.45) is 11.5. The molecular formula is C87H96N12O9S3. The van der Waals surface area contributed by atoms with Gasteiger partial charge in [-0.05, 0) is 206 Å². The van der Waals surface area contributed by atoms with Crippen molar-refractivity contribution in [2.45, 2.75) is 98.2 Å². The fourth-order valence-electron chi connectivity index (χ4n) is 14.3. The molecule has 0 saturated carbocycles. The molecule has 0 unspecified atom stereocenters. The molecule has 9 aromatic carbocycles. The maximum absolute atomic E-state index is 12.1. The van der Waals surface area contributed by atoms with Gasteiger partial charge < -0.3 is 30.3 Å². The van der Waals surface area contributed by atoms with Crippen molar-refractivity contribution in [2.75, 3.05) is 70.7 Å². The third kappa shape index (κ3) is 20.4. The van der Waals surface area contributed by atoms with E-state index in [2.05, 4.69) is 80.2 Å². The zero-order valence-electron chi connectivity index (χ0n) is 62.8. The van der Waals surface area contributed by atoms with Crippen molar-refractivity contribution in [3.05, 3.63) is 268 Å². The molecule has 21 nitrogen and oxygen atoms in total. The summed E-state index contributed by atoms with van der Waals surface area (Å²) in [7, 11) is -10.3. The number of nitrogens with one attached hydrogen (secondary N) is 6. The fraction of sp³-hybridized carbons (Fsp3) is 0.276. The van der Waals surface area contributed by atoms with Gasteiger partial charge in [-0.1, -0.05) is 147 Å². The molecule has 111 heavy (non-hydrogen) atoms. The van der Waals surface area contributed by atoms with Crippen LogP contribution < -0.4 is 14.2 Å². The summed E-state index contributed by atoms with van der Waals surface area (Å²) in [4.78, 5) is 31.4. The van der Waals surface area contributed by atoms with Crippen LogP contribution in [0.15, 0.2) is 233 Å². The minimum Gasteiger partial charge on any atom is -0.494 e. The monoisotopic (exact) mass is 1550 g/mol. The molecule has 12 aromatic rings. The Morgan fingerprint density at radius 2 is 0.577 bits per heavy atom. The number of aromatic amines is 3. The summed E-state index contributed by atoms with van der Waals surface area (Å²) in [6, 6.07) is 69.3. The molecule has 576 valence electrons. The number of hydrogen-bond donors (Lipinski definition) is 9. The van der Waals surface area contributed by atoms with Crippen LogP contribution in [0.5, 0.6) is 17.6 Å². The molecule has 3 aliphatic heterocycles. The topological polar surface area (TPSA) is 293 Å². The Labute approximate surface area is 650 Å². The quantitative estimate of drug-likeness (QED) is 0.0255. The highest BCUT2D eigenvalue weighted by Gasteiger charge is 2.25. The summed E-state index contributed by atoms with van der Waals surface area (Å²) in [5.74, 6) is -0.137. The van der Waals surface area contributed by atoms with Crippen molar-refractivity contribution in [1.29, 1.82) is 0 Å². The van der Waals surface area contributed by atoms with Crippen LogP contribution in [0.25, 0.3) is 32.7 Å². The van der Waals surface area contributed by atoms with Crippen molar-refractivity contribution >= 4 is 114 Å². The molecule has 9 N–H and O–H groups in total. The molecule has 0 radical (unpaired) electrons. The Morgan fingerprint density at radius 3 is 0.811 bits per heavy atom. The van der Waals surface area contributed by atoms with Gasteiger partial charge in [0.05, 0.1) is 68.1 Å². The molecule has 24 heteroatoms. The summed E-state index contributed by atoms with van der Waals surface area (Å²) >= 11 is 0. The lowest BCUT2D eigenvalue weighted by Crippen LogP contribution is -2.28. The van der Waals surface area contributed by atoms with Gasteiger partial charge in [0.2, 0.25) is 30.1 Å². The van der Waals surface area contributed by atoms with E-state index in [1.54, 1.807) is 75.4 Å². The van der Waals surface area contributed by atoms with Crippen molar-refractivity contribution in [3.63, 3.8) is 0 Å². The first kappa shape index (κ1) is 78.3. The maximum Gasteiger partial charge on any atom is 0.232 e. The number of rotatable bonds is 24. The number of sulfonamides is 3. The zero-order chi connectivity index (χ0) is 77.5. The molecular weight excluding hydrogens is 1450 g/mol. The Hall–Kier alpha value is -10.9. The van der Waals surface area contributed by atoms with E-state index in [0.717, 1.165) is 92.7 Å². The number of nitrogens with zero attached hydrogens (tertiary/aromatic N) is 6. The minimum atomic E-state index is -3.44. The van der Waals surface area contributed by atoms with Crippen LogP contribution in [0.4, 0.5) is 34.1 Å². The highest BCUT2D eigenvalue weighted by Crippen LogP contribution is 2.38. The van der Waals surface area contributed by atoms with E-state index in [9.17, 15) is 40.6 Å². The Kier molecular flexibility index (Phi) is 25.3. The molecule has 3 saturated heterocycles. The Bertz CT molecular complexity index is 5070. The number of benzene rings is 9. The van der Waals surface area contributed by atoms with Crippen LogP contribution in [0.2, 0.25) is 0 Å². The number of hydrogen-bond acceptors (Lipinski definition) is 15. The predicted octanol–water partition coefficient (Wildman–Crippen LogP) is 17.4. The van der Waals surface area contributed by atoms with E-state index in [1.165, 1.54) is 74.5 Å². The van der Waals surface area contributed by atoms with Gasteiger partial charge in [-0.2, -0.15) is 0 Å². The maximum atomic E-state index is 12.1. The molecule has 0 amide bonds. The van der Waals surface area contributed by atoms with Crippen LogP contribution in [0.3, 0.4) is 0 Å². The second-order valence-electron chi connectivity index (χ2n) is 28.3. The number of likely N-dealkylation sites (tertiary alicyclic amines) is 3. The first-order chi connectivity index (χ1) is 53.7. The summed E-state index contributed by atoms with van der Waals surface area (Å²) in [6.45, 7) is 14.5. The van der Waals surface area contributed by atoms with E-state index >= 15 is 0 Å². The third-order valence-corrected chi connectivity index (χ3v) is 24.2. The van der Waals surface area contributed by atoms with Gasteiger partial charge in [0.15, 0.2) is 17.6 Å². The number of H-pyrrole nitrogens is 3. The van der Waals surface area contributed by atoms with Gasteiger partial charge in [0, 0.05) is 86.1 Å². The molecule has 0 spiro atoms. The average molecular weight is 1550 g/mol. The van der Waals surface area contributed by atoms with E-state index in [4.69, 9.17) is 15.0 Å². The Balaban J connectivity index is 0.000000146. The molecule has 0 aliphatic carbocycles. The predicted molar refractivity (Wildman–Crippen MR) is 451 cm³/mol. The van der Waals surface area contributed by atoms with E-state index in [-0.39, 0.29) is 34.9 Å². The largest absolute Gasteiger partial charge is 0.494 e. The van der Waals surface area contributed by atoms with Gasteiger partial charge in [-0.25, -0.2) is 40.2 Å². The van der Waals surface area contributed by atoms with Gasteiger partial charge in [0.25, 0.3) is 0 Å². The van der Waals surface area contributed by atoms with Crippen LogP contribution in [0.1, 0.15) is 129 Å². The lowest BCUT2D eigenvalue weighted by atomic mass is 10.0.